The van der Waals surface area contributed by atoms with Gasteiger partial charge in [0.15, 0.2) is 0 Å². The van der Waals surface area contributed by atoms with E-state index in [2.05, 4.69) is 37.3 Å². The average molecular weight is 659 g/mol. The second-order valence-electron chi connectivity index (χ2n) is 14.0. The molecule has 1 heterocycles. The third-order valence-electron chi connectivity index (χ3n) is 8.75. The van der Waals surface area contributed by atoms with Gasteiger partial charge in [0.05, 0.1) is 43.0 Å². The average Bonchev–Trinajstić information content (AvgIpc) is 3.41. The number of benzene rings is 2. The quantitative estimate of drug-likeness (QED) is 0.0820. The van der Waals surface area contributed by atoms with Gasteiger partial charge in [-0.2, -0.15) is 0 Å². The van der Waals surface area contributed by atoms with Crippen LogP contribution < -0.4 is 16.2 Å². The van der Waals surface area contributed by atoms with Gasteiger partial charge in [0.25, 0.3) is 0 Å². The number of thiophene rings is 1. The lowest BCUT2D eigenvalue weighted by Gasteiger charge is -2.42. The minimum absolute atomic E-state index is 0.0342. The second kappa shape index (κ2) is 16.0. The number of aryl methyl sites for hydroxylation is 1. The Hall–Kier alpha value is -2.57. The Labute approximate surface area is 277 Å². The zero-order valence-corrected chi connectivity index (χ0v) is 29.0. The summed E-state index contributed by atoms with van der Waals surface area (Å²) in [5, 5.41) is 42.9. The van der Waals surface area contributed by atoms with E-state index >= 15 is 0 Å². The van der Waals surface area contributed by atoms with Crippen LogP contribution in [0.25, 0.3) is 20.5 Å². The molecule has 0 fully saturated rings. The standard InChI is InChI=1S/C36H54N2O7S/c1-7-23-10-12-24(13-11-23)31-19-25-14-15-26(20-32(25)46-31)44-18-16-28(40)30(42)21-29(41)27(39)9-8-17-45-33(43)36(6,35(4,5)38)22-34(2,3)37/h10-15,19-20,27-30,39-42H,7-9,16-18,21-22,37-38H2,1-6H3. The lowest BCUT2D eigenvalue weighted by atomic mass is 9.67. The molecule has 0 saturated heterocycles. The number of fused-ring (bicyclic) bond motifs is 1. The summed E-state index contributed by atoms with van der Waals surface area (Å²) in [6, 6.07) is 16.6. The zero-order valence-electron chi connectivity index (χ0n) is 28.2. The van der Waals surface area contributed by atoms with Crippen LogP contribution in [0, 0.1) is 5.41 Å². The van der Waals surface area contributed by atoms with Gasteiger partial charge in [-0.3, -0.25) is 4.79 Å². The number of ether oxygens (including phenoxy) is 2. The largest absolute Gasteiger partial charge is 0.493 e. The van der Waals surface area contributed by atoms with Crippen molar-refractivity contribution in [3.8, 4) is 16.2 Å². The van der Waals surface area contributed by atoms with Crippen LogP contribution >= 0.6 is 11.3 Å². The van der Waals surface area contributed by atoms with Crippen LogP contribution in [0.1, 0.15) is 79.2 Å². The van der Waals surface area contributed by atoms with Gasteiger partial charge in [-0.1, -0.05) is 31.2 Å². The van der Waals surface area contributed by atoms with Crippen molar-refractivity contribution in [2.24, 2.45) is 16.9 Å². The molecule has 0 aliphatic rings. The van der Waals surface area contributed by atoms with Gasteiger partial charge in [-0.25, -0.2) is 0 Å². The van der Waals surface area contributed by atoms with Crippen molar-refractivity contribution in [2.75, 3.05) is 13.2 Å². The predicted octanol–water partition coefficient (Wildman–Crippen LogP) is 4.93. The van der Waals surface area contributed by atoms with Gasteiger partial charge >= 0.3 is 5.97 Å². The van der Waals surface area contributed by atoms with Crippen molar-refractivity contribution in [1.82, 2.24) is 0 Å². The second-order valence-corrected chi connectivity index (χ2v) is 15.1. The monoisotopic (exact) mass is 658 g/mol. The fourth-order valence-corrected chi connectivity index (χ4v) is 6.58. The van der Waals surface area contributed by atoms with E-state index in [1.165, 1.54) is 16.0 Å². The summed E-state index contributed by atoms with van der Waals surface area (Å²) in [6.07, 6.45) is -3.11. The maximum Gasteiger partial charge on any atom is 0.313 e. The van der Waals surface area contributed by atoms with Crippen molar-refractivity contribution >= 4 is 27.4 Å². The Kier molecular flexibility index (Phi) is 13.2. The van der Waals surface area contributed by atoms with Crippen LogP contribution in [0.3, 0.4) is 0 Å². The first-order valence-corrected chi connectivity index (χ1v) is 17.0. The molecule has 2 aromatic carbocycles. The summed E-state index contributed by atoms with van der Waals surface area (Å²) in [4.78, 5) is 14.1. The molecule has 8 N–H and O–H groups in total. The third-order valence-corrected chi connectivity index (χ3v) is 9.90. The molecule has 0 aliphatic heterocycles. The molecular weight excluding hydrogens is 604 g/mol. The first-order valence-electron chi connectivity index (χ1n) is 16.2. The first kappa shape index (κ1) is 37.9. The van der Waals surface area contributed by atoms with Gasteiger partial charge in [-0.05, 0) is 101 Å². The van der Waals surface area contributed by atoms with E-state index in [-0.39, 0.29) is 32.5 Å². The Morgan fingerprint density at radius 1 is 0.848 bits per heavy atom. The number of carbonyl (C=O) groups is 1. The van der Waals surface area contributed by atoms with E-state index in [4.69, 9.17) is 20.9 Å². The van der Waals surface area contributed by atoms with Crippen LogP contribution in [-0.2, 0) is 16.0 Å². The minimum atomic E-state index is -1.26. The van der Waals surface area contributed by atoms with E-state index in [0.29, 0.717) is 18.6 Å². The van der Waals surface area contributed by atoms with Crippen molar-refractivity contribution in [3.05, 3.63) is 54.1 Å². The molecule has 0 saturated carbocycles. The molecule has 0 aliphatic carbocycles. The molecule has 5 atom stereocenters. The van der Waals surface area contributed by atoms with Crippen molar-refractivity contribution < 1.29 is 34.7 Å². The highest BCUT2D eigenvalue weighted by molar-refractivity contribution is 7.22. The Morgan fingerprint density at radius 2 is 1.48 bits per heavy atom. The third kappa shape index (κ3) is 10.5. The maximum atomic E-state index is 13.0. The molecular formula is C36H54N2O7S. The lowest BCUT2D eigenvalue weighted by Crippen LogP contribution is -2.58. The van der Waals surface area contributed by atoms with E-state index in [0.717, 1.165) is 16.5 Å². The summed E-state index contributed by atoms with van der Waals surface area (Å²) in [7, 11) is 0. The van der Waals surface area contributed by atoms with Gasteiger partial charge in [0.1, 0.15) is 5.75 Å². The normalized spacial score (nSPS) is 16.4. The molecule has 0 bridgehead atoms. The van der Waals surface area contributed by atoms with E-state index in [9.17, 15) is 25.2 Å². The predicted molar refractivity (Wildman–Crippen MR) is 185 cm³/mol. The van der Waals surface area contributed by atoms with Gasteiger partial charge in [-0.15, -0.1) is 11.3 Å². The zero-order chi connectivity index (χ0) is 34.3. The number of nitrogens with two attached hydrogens (primary N) is 2. The molecule has 46 heavy (non-hydrogen) atoms. The summed E-state index contributed by atoms with van der Waals surface area (Å²) in [5.41, 5.74) is 12.4. The van der Waals surface area contributed by atoms with Crippen LogP contribution in [0.2, 0.25) is 0 Å². The fraction of sp³-hybridized carbons (Fsp3) is 0.583. The highest BCUT2D eigenvalue weighted by atomic mass is 32.1. The van der Waals surface area contributed by atoms with Gasteiger partial charge < -0.3 is 41.4 Å². The van der Waals surface area contributed by atoms with E-state index < -0.39 is 46.9 Å². The number of esters is 1. The van der Waals surface area contributed by atoms with Crippen LogP contribution in [0.5, 0.6) is 5.75 Å². The van der Waals surface area contributed by atoms with E-state index in [1.807, 2.05) is 32.0 Å². The van der Waals surface area contributed by atoms with Crippen molar-refractivity contribution in [1.29, 1.82) is 0 Å². The number of hydrogen-bond acceptors (Lipinski definition) is 10. The lowest BCUT2D eigenvalue weighted by molar-refractivity contribution is -0.160. The van der Waals surface area contributed by atoms with Gasteiger partial charge in [0, 0.05) is 33.5 Å². The summed E-state index contributed by atoms with van der Waals surface area (Å²) in [6.45, 7) is 11.3. The molecule has 0 radical (unpaired) electrons. The number of aliphatic hydroxyl groups excluding tert-OH is 4. The number of aliphatic hydroxyl groups is 4. The number of rotatable bonds is 18. The molecule has 9 nitrogen and oxygen atoms in total. The molecule has 1 aromatic heterocycles. The molecule has 0 spiro atoms. The van der Waals surface area contributed by atoms with E-state index in [1.54, 1.807) is 32.1 Å². The minimum Gasteiger partial charge on any atom is -0.493 e. The molecule has 5 unspecified atom stereocenters. The summed E-state index contributed by atoms with van der Waals surface area (Å²) >= 11 is 1.69. The molecule has 10 heteroatoms. The SMILES string of the molecule is CCc1ccc(-c2cc3ccc(OCCC(O)C(O)CC(O)C(O)CCCOC(=O)C(C)(CC(C)(C)N)C(C)(C)N)cc3s2)cc1. The van der Waals surface area contributed by atoms with Gasteiger partial charge in [0.2, 0.25) is 0 Å². The number of carbonyl (C=O) groups excluding carboxylic acids is 1. The maximum absolute atomic E-state index is 13.0. The van der Waals surface area contributed by atoms with Crippen molar-refractivity contribution in [2.45, 2.75) is 116 Å². The Bertz CT molecular complexity index is 1400. The molecule has 256 valence electrons. The van der Waals surface area contributed by atoms with Crippen molar-refractivity contribution in [3.63, 3.8) is 0 Å². The number of hydrogen-bond donors (Lipinski definition) is 6. The smallest absolute Gasteiger partial charge is 0.313 e. The summed E-state index contributed by atoms with van der Waals surface area (Å²) in [5.74, 6) is 0.203. The molecule has 3 rings (SSSR count). The topological polar surface area (TPSA) is 168 Å². The van der Waals surface area contributed by atoms with Crippen LogP contribution in [0.4, 0.5) is 0 Å². The molecule has 3 aromatic rings. The summed E-state index contributed by atoms with van der Waals surface area (Å²) < 4.78 is 12.4. The Morgan fingerprint density at radius 3 is 2.07 bits per heavy atom. The highest BCUT2D eigenvalue weighted by Gasteiger charge is 2.48. The molecule has 0 amide bonds. The highest BCUT2D eigenvalue weighted by Crippen LogP contribution is 2.38. The van der Waals surface area contributed by atoms with Crippen LogP contribution in [-0.4, -0.2) is 75.1 Å². The van der Waals surface area contributed by atoms with Crippen LogP contribution in [0.15, 0.2) is 48.5 Å². The first-order chi connectivity index (χ1) is 21.4. The Balaban J connectivity index is 1.41. The fourth-order valence-electron chi connectivity index (χ4n) is 5.48.